The van der Waals surface area contributed by atoms with Crippen LogP contribution in [0.1, 0.15) is 11.1 Å². The maximum atomic E-state index is 5.28. The number of hydrogen-bond donors (Lipinski definition) is 1. The summed E-state index contributed by atoms with van der Waals surface area (Å²) >= 11 is 1.60. The van der Waals surface area contributed by atoms with Gasteiger partial charge in [-0.15, -0.1) is 11.3 Å². The van der Waals surface area contributed by atoms with E-state index in [1.165, 1.54) is 6.33 Å². The quantitative estimate of drug-likeness (QED) is 0.574. The van der Waals surface area contributed by atoms with Gasteiger partial charge in [0.2, 0.25) is 0 Å². The fourth-order valence-electron chi connectivity index (χ4n) is 2.15. The van der Waals surface area contributed by atoms with Crippen LogP contribution in [-0.2, 0) is 0 Å². The van der Waals surface area contributed by atoms with Crippen molar-refractivity contribution in [3.8, 4) is 11.5 Å². The minimum Gasteiger partial charge on any atom is -0.493 e. The molecule has 0 bridgehead atoms. The summed E-state index contributed by atoms with van der Waals surface area (Å²) in [6.45, 7) is 2.03. The van der Waals surface area contributed by atoms with E-state index in [0.717, 1.165) is 21.3 Å². The molecule has 0 aliphatic carbocycles. The predicted molar refractivity (Wildman–Crippen MR) is 92.9 cm³/mol. The highest BCUT2D eigenvalue weighted by Gasteiger charge is 2.07. The predicted octanol–water partition coefficient (Wildman–Crippen LogP) is 3.46. The van der Waals surface area contributed by atoms with Gasteiger partial charge in [0, 0.05) is 0 Å². The summed E-state index contributed by atoms with van der Waals surface area (Å²) in [5.74, 6) is 2.05. The van der Waals surface area contributed by atoms with Crippen LogP contribution in [0.15, 0.2) is 35.0 Å². The molecule has 0 unspecified atom stereocenters. The van der Waals surface area contributed by atoms with Crippen LogP contribution in [0.25, 0.3) is 10.2 Å². The lowest BCUT2D eigenvalue weighted by molar-refractivity contribution is 0.355. The van der Waals surface area contributed by atoms with E-state index in [1.807, 2.05) is 25.1 Å². The van der Waals surface area contributed by atoms with Crippen molar-refractivity contribution < 1.29 is 9.47 Å². The van der Waals surface area contributed by atoms with E-state index >= 15 is 0 Å². The van der Waals surface area contributed by atoms with Gasteiger partial charge in [-0.2, -0.15) is 5.10 Å². The van der Waals surface area contributed by atoms with Crippen LogP contribution in [-0.4, -0.2) is 30.4 Å². The van der Waals surface area contributed by atoms with Crippen LogP contribution in [0.2, 0.25) is 0 Å². The number of nitrogens with zero attached hydrogens (tertiary/aromatic N) is 3. The van der Waals surface area contributed by atoms with Crippen molar-refractivity contribution in [3.05, 3.63) is 41.0 Å². The molecule has 3 aromatic rings. The van der Waals surface area contributed by atoms with Crippen LogP contribution in [0.3, 0.4) is 0 Å². The van der Waals surface area contributed by atoms with Gasteiger partial charge in [-0.05, 0) is 41.6 Å². The summed E-state index contributed by atoms with van der Waals surface area (Å²) in [6, 6.07) is 5.60. The molecular formula is C16H16N4O2S. The Bertz CT molecular complexity index is 860. The molecule has 2 aromatic heterocycles. The first kappa shape index (κ1) is 15.2. The monoisotopic (exact) mass is 328 g/mol. The van der Waals surface area contributed by atoms with E-state index in [1.54, 1.807) is 31.8 Å². The zero-order valence-electron chi connectivity index (χ0n) is 13.0. The second-order valence-electron chi connectivity index (χ2n) is 4.80. The number of hydrogen-bond acceptors (Lipinski definition) is 7. The van der Waals surface area contributed by atoms with Gasteiger partial charge in [0.05, 0.1) is 30.7 Å². The van der Waals surface area contributed by atoms with Gasteiger partial charge in [-0.25, -0.2) is 9.97 Å². The molecule has 118 valence electrons. The molecule has 0 saturated carbocycles. The average Bonchev–Trinajstić information content (AvgIpc) is 2.97. The number of methoxy groups -OCH3 is 2. The number of aromatic nitrogens is 2. The number of anilines is 1. The van der Waals surface area contributed by atoms with Gasteiger partial charge >= 0.3 is 0 Å². The number of rotatable bonds is 5. The van der Waals surface area contributed by atoms with Crippen LogP contribution in [0, 0.1) is 6.92 Å². The second-order valence-corrected chi connectivity index (χ2v) is 5.68. The fourth-order valence-corrected chi connectivity index (χ4v) is 3.09. The second kappa shape index (κ2) is 6.62. The van der Waals surface area contributed by atoms with E-state index in [-0.39, 0.29) is 0 Å². The first-order valence-electron chi connectivity index (χ1n) is 6.93. The molecule has 0 fully saturated rings. The third kappa shape index (κ3) is 3.09. The van der Waals surface area contributed by atoms with Crippen molar-refractivity contribution >= 4 is 33.6 Å². The van der Waals surface area contributed by atoms with Crippen molar-refractivity contribution in [1.82, 2.24) is 9.97 Å². The molecule has 0 saturated heterocycles. The summed E-state index contributed by atoms with van der Waals surface area (Å²) in [5, 5.41) is 6.31. The van der Waals surface area contributed by atoms with Crippen LogP contribution >= 0.6 is 11.3 Å². The molecule has 0 spiro atoms. The van der Waals surface area contributed by atoms with Gasteiger partial charge < -0.3 is 9.47 Å². The maximum absolute atomic E-state index is 5.28. The van der Waals surface area contributed by atoms with E-state index in [2.05, 4.69) is 25.9 Å². The third-order valence-electron chi connectivity index (χ3n) is 3.32. The molecule has 1 N–H and O–H groups in total. The molecule has 3 rings (SSSR count). The maximum Gasteiger partial charge on any atom is 0.167 e. The highest BCUT2D eigenvalue weighted by atomic mass is 32.1. The zero-order chi connectivity index (χ0) is 16.2. The van der Waals surface area contributed by atoms with Gasteiger partial charge in [0.25, 0.3) is 0 Å². The van der Waals surface area contributed by atoms with Crippen molar-refractivity contribution in [2.75, 3.05) is 19.6 Å². The van der Waals surface area contributed by atoms with E-state index in [4.69, 9.17) is 9.47 Å². The molecule has 0 aliphatic rings. The molecular weight excluding hydrogens is 312 g/mol. The standard InChI is InChI=1S/C16H16N4O2S/c1-10-8-23-15-14(10)17-9-18-16(15)20-19-7-11-4-5-12(21-2)13(6-11)22-3/h4-9H,1-3H3,(H,17,18,20). The van der Waals surface area contributed by atoms with E-state index in [0.29, 0.717) is 17.3 Å². The Labute approximate surface area is 137 Å². The molecule has 7 heteroatoms. The number of nitrogens with one attached hydrogen (secondary N) is 1. The average molecular weight is 328 g/mol. The molecule has 0 aliphatic heterocycles. The first-order chi connectivity index (χ1) is 11.2. The fraction of sp³-hybridized carbons (Fsp3) is 0.188. The molecule has 0 radical (unpaired) electrons. The Morgan fingerprint density at radius 3 is 2.78 bits per heavy atom. The highest BCUT2D eigenvalue weighted by molar-refractivity contribution is 7.18. The van der Waals surface area contributed by atoms with Crippen LogP contribution in [0.4, 0.5) is 5.82 Å². The summed E-state index contributed by atoms with van der Waals surface area (Å²) in [4.78, 5) is 8.53. The van der Waals surface area contributed by atoms with Gasteiger partial charge in [-0.1, -0.05) is 0 Å². The first-order valence-corrected chi connectivity index (χ1v) is 7.81. The lowest BCUT2D eigenvalue weighted by Crippen LogP contribution is -1.96. The van der Waals surface area contributed by atoms with Crippen molar-refractivity contribution in [2.24, 2.45) is 5.10 Å². The third-order valence-corrected chi connectivity index (χ3v) is 4.42. The number of hydrazone groups is 1. The lowest BCUT2D eigenvalue weighted by Gasteiger charge is -2.07. The van der Waals surface area contributed by atoms with Crippen LogP contribution < -0.4 is 14.9 Å². The molecule has 6 nitrogen and oxygen atoms in total. The largest absolute Gasteiger partial charge is 0.493 e. The number of benzene rings is 1. The van der Waals surface area contributed by atoms with Crippen molar-refractivity contribution in [3.63, 3.8) is 0 Å². The van der Waals surface area contributed by atoms with Crippen LogP contribution in [0.5, 0.6) is 11.5 Å². The number of thiophene rings is 1. The number of fused-ring (bicyclic) bond motifs is 1. The van der Waals surface area contributed by atoms with Gasteiger partial charge in [-0.3, -0.25) is 5.43 Å². The Kier molecular flexibility index (Phi) is 4.38. The van der Waals surface area contributed by atoms with Gasteiger partial charge in [0.15, 0.2) is 17.3 Å². The topological polar surface area (TPSA) is 68.6 Å². The smallest absolute Gasteiger partial charge is 0.167 e. The molecule has 1 aromatic carbocycles. The van der Waals surface area contributed by atoms with E-state index in [9.17, 15) is 0 Å². The summed E-state index contributed by atoms with van der Waals surface area (Å²) in [7, 11) is 3.21. The van der Waals surface area contributed by atoms with Crippen molar-refractivity contribution in [2.45, 2.75) is 6.92 Å². The van der Waals surface area contributed by atoms with Crippen molar-refractivity contribution in [1.29, 1.82) is 0 Å². The Hall–Kier alpha value is -2.67. The number of ether oxygens (including phenoxy) is 2. The lowest BCUT2D eigenvalue weighted by atomic mass is 10.2. The highest BCUT2D eigenvalue weighted by Crippen LogP contribution is 2.29. The Morgan fingerprint density at radius 1 is 1.17 bits per heavy atom. The summed E-state index contributed by atoms with van der Waals surface area (Å²) < 4.78 is 11.5. The minimum atomic E-state index is 0.662. The van der Waals surface area contributed by atoms with Gasteiger partial charge in [0.1, 0.15) is 6.33 Å². The molecule has 0 amide bonds. The minimum absolute atomic E-state index is 0.662. The normalized spacial score (nSPS) is 11.1. The molecule has 2 heterocycles. The summed E-state index contributed by atoms with van der Waals surface area (Å²) in [6.07, 6.45) is 3.24. The Balaban J connectivity index is 1.80. The zero-order valence-corrected chi connectivity index (χ0v) is 13.8. The SMILES string of the molecule is COc1ccc(C=NNc2ncnc3c(C)csc23)cc1OC. The molecule has 0 atom stereocenters. The molecule has 23 heavy (non-hydrogen) atoms. The Morgan fingerprint density at radius 2 is 2.00 bits per heavy atom. The van der Waals surface area contributed by atoms with E-state index < -0.39 is 0 Å². The summed E-state index contributed by atoms with van der Waals surface area (Å²) in [5.41, 5.74) is 5.95. The number of aryl methyl sites for hydroxylation is 1.